The smallest absolute Gasteiger partial charge is 0.260 e. The highest BCUT2D eigenvalue weighted by Crippen LogP contribution is 2.24. The fourth-order valence-corrected chi connectivity index (χ4v) is 3.07. The lowest BCUT2D eigenvalue weighted by atomic mass is 10.4. The summed E-state index contributed by atoms with van der Waals surface area (Å²) >= 11 is 0. The predicted octanol–water partition coefficient (Wildman–Crippen LogP) is 0.496. The normalized spacial score (nSPS) is 15.7. The van der Waals surface area contributed by atoms with Crippen molar-refractivity contribution >= 4 is 15.7 Å². The Labute approximate surface area is 114 Å². The van der Waals surface area contributed by atoms with E-state index in [1.165, 1.54) is 19.0 Å². The van der Waals surface area contributed by atoms with Gasteiger partial charge in [0.1, 0.15) is 0 Å². The van der Waals surface area contributed by atoms with Gasteiger partial charge in [0.2, 0.25) is 0 Å². The minimum atomic E-state index is -3.55. The molecule has 1 aromatic heterocycles. The van der Waals surface area contributed by atoms with E-state index in [2.05, 4.69) is 19.9 Å². The Morgan fingerprint density at radius 2 is 2.21 bits per heavy atom. The second-order valence-corrected chi connectivity index (χ2v) is 6.40. The third-order valence-corrected chi connectivity index (χ3v) is 4.64. The zero-order valence-corrected chi connectivity index (χ0v) is 12.1. The second kappa shape index (κ2) is 5.85. The van der Waals surface area contributed by atoms with Crippen molar-refractivity contribution < 1.29 is 8.42 Å². The van der Waals surface area contributed by atoms with Gasteiger partial charge in [0.05, 0.1) is 5.69 Å². The molecule has 1 aliphatic rings. The van der Waals surface area contributed by atoms with Crippen molar-refractivity contribution in [2.75, 3.05) is 32.5 Å². The number of sulfonamides is 1. The fourth-order valence-electron chi connectivity index (χ4n) is 1.92. The summed E-state index contributed by atoms with van der Waals surface area (Å²) in [5, 5.41) is 2.88. The van der Waals surface area contributed by atoms with Crippen LogP contribution in [-0.4, -0.2) is 51.5 Å². The monoisotopic (exact) mass is 284 g/mol. The molecule has 0 saturated heterocycles. The molecular formula is C12H20N4O2S. The summed E-state index contributed by atoms with van der Waals surface area (Å²) in [5.41, 5.74) is 0.505. The molecule has 106 valence electrons. The molecular weight excluding hydrogens is 264 g/mol. The van der Waals surface area contributed by atoms with E-state index in [9.17, 15) is 8.42 Å². The maximum absolute atomic E-state index is 12.1. The van der Waals surface area contributed by atoms with Gasteiger partial charge in [0.15, 0.2) is 5.03 Å². The minimum absolute atomic E-state index is 0.0478. The Kier molecular flexibility index (Phi) is 4.38. The van der Waals surface area contributed by atoms with E-state index < -0.39 is 10.0 Å². The first kappa shape index (κ1) is 14.2. The molecule has 2 N–H and O–H groups in total. The van der Waals surface area contributed by atoms with Crippen molar-refractivity contribution in [3.8, 4) is 0 Å². The Balaban J connectivity index is 1.97. The molecule has 0 unspecified atom stereocenters. The second-order valence-electron chi connectivity index (χ2n) is 4.72. The van der Waals surface area contributed by atoms with Crippen LogP contribution < -0.4 is 10.0 Å². The van der Waals surface area contributed by atoms with Crippen LogP contribution in [0.1, 0.15) is 12.8 Å². The third kappa shape index (κ3) is 3.65. The summed E-state index contributed by atoms with van der Waals surface area (Å²) in [5.74, 6) is 0. The highest BCUT2D eigenvalue weighted by atomic mass is 32.2. The highest BCUT2D eigenvalue weighted by Gasteiger charge is 2.26. The number of pyridine rings is 1. The van der Waals surface area contributed by atoms with E-state index >= 15 is 0 Å². The topological polar surface area (TPSA) is 74.3 Å². The molecule has 1 aromatic rings. The average molecular weight is 284 g/mol. The van der Waals surface area contributed by atoms with E-state index in [0.717, 1.165) is 0 Å². The first-order valence-electron chi connectivity index (χ1n) is 6.37. The first-order valence-corrected chi connectivity index (χ1v) is 7.85. The lowest BCUT2D eigenvalue weighted by molar-refractivity contribution is 0.329. The van der Waals surface area contributed by atoms with Crippen molar-refractivity contribution in [3.63, 3.8) is 0 Å². The van der Waals surface area contributed by atoms with Gasteiger partial charge in [-0.15, -0.1) is 0 Å². The van der Waals surface area contributed by atoms with Crippen molar-refractivity contribution in [1.29, 1.82) is 0 Å². The zero-order valence-electron chi connectivity index (χ0n) is 11.3. The number of aromatic nitrogens is 1. The molecule has 1 aliphatic carbocycles. The molecule has 0 atom stereocenters. The van der Waals surface area contributed by atoms with Crippen LogP contribution in [-0.2, 0) is 10.0 Å². The predicted molar refractivity (Wildman–Crippen MR) is 74.6 cm³/mol. The molecule has 0 aromatic carbocycles. The fraction of sp³-hybridized carbons (Fsp3) is 0.583. The largest absolute Gasteiger partial charge is 0.386 e. The van der Waals surface area contributed by atoms with E-state index in [-0.39, 0.29) is 5.03 Å². The molecule has 19 heavy (non-hydrogen) atoms. The van der Waals surface area contributed by atoms with Gasteiger partial charge >= 0.3 is 0 Å². The molecule has 1 heterocycles. The van der Waals surface area contributed by atoms with Gasteiger partial charge < -0.3 is 10.2 Å². The number of hydrogen-bond acceptors (Lipinski definition) is 5. The summed E-state index contributed by atoms with van der Waals surface area (Å²) in [7, 11) is 0.143. The number of likely N-dealkylation sites (N-methyl/N-ethyl adjacent to an activating group) is 1. The van der Waals surface area contributed by atoms with Crippen LogP contribution in [0, 0.1) is 0 Å². The minimum Gasteiger partial charge on any atom is -0.386 e. The molecule has 0 bridgehead atoms. The number of rotatable bonds is 7. The lowest BCUT2D eigenvalue weighted by Crippen LogP contribution is -2.34. The van der Waals surface area contributed by atoms with E-state index in [0.29, 0.717) is 24.8 Å². The highest BCUT2D eigenvalue weighted by molar-refractivity contribution is 7.89. The Morgan fingerprint density at radius 3 is 2.84 bits per heavy atom. The van der Waals surface area contributed by atoms with Crippen molar-refractivity contribution in [2.45, 2.75) is 23.9 Å². The maximum atomic E-state index is 12.1. The molecule has 7 heteroatoms. The number of nitrogens with zero attached hydrogens (tertiary/aromatic N) is 2. The van der Waals surface area contributed by atoms with Gasteiger partial charge in [0.25, 0.3) is 10.0 Å². The Hall–Kier alpha value is -1.18. The Bertz CT molecular complexity index is 528. The van der Waals surface area contributed by atoms with Crippen molar-refractivity contribution in [1.82, 2.24) is 14.6 Å². The van der Waals surface area contributed by atoms with Gasteiger partial charge in [-0.05, 0) is 32.0 Å². The zero-order chi connectivity index (χ0) is 13.9. The van der Waals surface area contributed by atoms with Crippen LogP contribution in [0.5, 0.6) is 0 Å². The van der Waals surface area contributed by atoms with Crippen molar-refractivity contribution in [2.24, 2.45) is 0 Å². The lowest BCUT2D eigenvalue weighted by Gasteiger charge is -2.16. The summed E-state index contributed by atoms with van der Waals surface area (Å²) in [6.07, 6.45) is 3.91. The van der Waals surface area contributed by atoms with Crippen LogP contribution in [0.3, 0.4) is 0 Å². The van der Waals surface area contributed by atoms with Crippen LogP contribution in [0.25, 0.3) is 0 Å². The molecule has 0 amide bonds. The molecule has 0 spiro atoms. The van der Waals surface area contributed by atoms with E-state index in [4.69, 9.17) is 0 Å². The van der Waals surface area contributed by atoms with Gasteiger partial charge in [-0.1, -0.05) is 0 Å². The molecule has 1 saturated carbocycles. The maximum Gasteiger partial charge on any atom is 0.260 e. The van der Waals surface area contributed by atoms with E-state index in [1.54, 1.807) is 19.2 Å². The molecule has 0 radical (unpaired) electrons. The summed E-state index contributed by atoms with van der Waals surface area (Å²) in [6, 6.07) is 4.02. The van der Waals surface area contributed by atoms with Crippen LogP contribution in [0.15, 0.2) is 23.4 Å². The van der Waals surface area contributed by atoms with E-state index in [1.807, 2.05) is 7.05 Å². The van der Waals surface area contributed by atoms with Crippen LogP contribution >= 0.6 is 0 Å². The quantitative estimate of drug-likeness (QED) is 0.762. The molecule has 6 nitrogen and oxygen atoms in total. The number of nitrogens with one attached hydrogen (secondary N) is 2. The number of hydrogen-bond donors (Lipinski definition) is 2. The SMILES string of the molecule is CNc1cccnc1S(=O)(=O)NCCN(C)C1CC1. The van der Waals surface area contributed by atoms with Gasteiger partial charge in [-0.3, -0.25) is 0 Å². The standard InChI is InChI=1S/C12H20N4O2S/c1-13-11-4-3-7-14-12(11)19(17,18)15-8-9-16(2)10-5-6-10/h3-4,7,10,13,15H,5-6,8-9H2,1-2H3. The van der Waals surface area contributed by atoms with Crippen LogP contribution in [0.4, 0.5) is 5.69 Å². The van der Waals surface area contributed by atoms with Crippen molar-refractivity contribution in [3.05, 3.63) is 18.3 Å². The van der Waals surface area contributed by atoms with Gasteiger partial charge in [-0.25, -0.2) is 18.1 Å². The number of anilines is 1. The Morgan fingerprint density at radius 1 is 1.47 bits per heavy atom. The molecule has 1 fully saturated rings. The average Bonchev–Trinajstić information content (AvgIpc) is 3.22. The van der Waals surface area contributed by atoms with Gasteiger partial charge in [0, 0.05) is 32.4 Å². The first-order chi connectivity index (χ1) is 9.04. The summed E-state index contributed by atoms with van der Waals surface area (Å²) in [6.45, 7) is 1.11. The molecule has 2 rings (SSSR count). The van der Waals surface area contributed by atoms with Crippen LogP contribution in [0.2, 0.25) is 0 Å². The summed E-state index contributed by atoms with van der Waals surface area (Å²) < 4.78 is 26.9. The molecule has 0 aliphatic heterocycles. The summed E-state index contributed by atoms with van der Waals surface area (Å²) in [4.78, 5) is 6.12. The third-order valence-electron chi connectivity index (χ3n) is 3.22. The van der Waals surface area contributed by atoms with Gasteiger partial charge in [-0.2, -0.15) is 0 Å².